The molecule has 1 aliphatic carbocycles. The van der Waals surface area contributed by atoms with Crippen LogP contribution in [0.25, 0.3) is 0 Å². The van der Waals surface area contributed by atoms with Crippen molar-refractivity contribution >= 4 is 11.9 Å². The van der Waals surface area contributed by atoms with Crippen molar-refractivity contribution in [3.05, 3.63) is 0 Å². The van der Waals surface area contributed by atoms with E-state index in [0.29, 0.717) is 63.5 Å². The second kappa shape index (κ2) is 11.8. The van der Waals surface area contributed by atoms with Gasteiger partial charge in [-0.3, -0.25) is 0 Å². The summed E-state index contributed by atoms with van der Waals surface area (Å²) in [5, 5.41) is 6.54. The largest absolute Gasteiger partial charge is 0.467 e. The summed E-state index contributed by atoms with van der Waals surface area (Å²) in [6.45, 7) is 5.59. The van der Waals surface area contributed by atoms with Crippen LogP contribution in [0, 0.1) is 5.92 Å². The zero-order valence-corrected chi connectivity index (χ0v) is 15.9. The van der Waals surface area contributed by atoms with Crippen molar-refractivity contribution in [3.63, 3.8) is 0 Å². The lowest BCUT2D eigenvalue weighted by Crippen LogP contribution is -2.26. The summed E-state index contributed by atoms with van der Waals surface area (Å²) < 4.78 is 15.9. The van der Waals surface area contributed by atoms with Crippen molar-refractivity contribution in [2.75, 3.05) is 57.3 Å². The van der Waals surface area contributed by atoms with Crippen molar-refractivity contribution in [3.8, 4) is 6.01 Å². The number of aromatic nitrogens is 3. The van der Waals surface area contributed by atoms with Crippen LogP contribution in [0.3, 0.4) is 0 Å². The van der Waals surface area contributed by atoms with E-state index in [-0.39, 0.29) is 0 Å². The maximum absolute atomic E-state index is 5.47. The molecule has 1 aromatic heterocycles. The van der Waals surface area contributed by atoms with E-state index in [2.05, 4.69) is 32.5 Å². The normalized spacial score (nSPS) is 20.0. The Balaban J connectivity index is 1.75. The molecule has 1 saturated carbocycles. The summed E-state index contributed by atoms with van der Waals surface area (Å²) >= 11 is 0. The molecule has 0 aromatic carbocycles. The van der Waals surface area contributed by atoms with E-state index >= 15 is 0 Å². The van der Waals surface area contributed by atoms with E-state index in [1.54, 1.807) is 7.11 Å². The third kappa shape index (κ3) is 7.67. The Hall–Kier alpha value is -1.71. The van der Waals surface area contributed by atoms with Gasteiger partial charge in [-0.15, -0.1) is 0 Å². The van der Waals surface area contributed by atoms with Crippen LogP contribution < -0.4 is 21.1 Å². The molecule has 1 aliphatic rings. The van der Waals surface area contributed by atoms with Crippen molar-refractivity contribution in [2.24, 2.45) is 11.7 Å². The zero-order chi connectivity index (χ0) is 18.6. The van der Waals surface area contributed by atoms with Gasteiger partial charge in [0, 0.05) is 19.1 Å². The second-order valence-corrected chi connectivity index (χ2v) is 6.51. The Bertz CT molecular complexity index is 511. The smallest absolute Gasteiger partial charge is 0.322 e. The summed E-state index contributed by atoms with van der Waals surface area (Å²) in [5.74, 6) is 1.83. The first-order chi connectivity index (χ1) is 12.7. The third-order valence-corrected chi connectivity index (χ3v) is 4.31. The number of rotatable bonds is 12. The molecule has 1 heterocycles. The van der Waals surface area contributed by atoms with Crippen molar-refractivity contribution < 1.29 is 14.2 Å². The monoisotopic (exact) mass is 368 g/mol. The van der Waals surface area contributed by atoms with Crippen molar-refractivity contribution in [1.29, 1.82) is 0 Å². The Morgan fingerprint density at radius 3 is 2.35 bits per heavy atom. The highest BCUT2D eigenvalue weighted by atomic mass is 16.5. The topological polar surface area (TPSA) is 116 Å². The fourth-order valence-corrected chi connectivity index (χ4v) is 2.82. The fraction of sp³-hybridized carbons (Fsp3) is 0.824. The first-order valence-corrected chi connectivity index (χ1v) is 9.37. The van der Waals surface area contributed by atoms with Gasteiger partial charge in [0.1, 0.15) is 0 Å². The van der Waals surface area contributed by atoms with Crippen molar-refractivity contribution in [1.82, 2.24) is 15.0 Å². The minimum Gasteiger partial charge on any atom is -0.467 e. The van der Waals surface area contributed by atoms with Gasteiger partial charge in [0.15, 0.2) is 0 Å². The van der Waals surface area contributed by atoms with Crippen LogP contribution in [-0.4, -0.2) is 67.6 Å². The molecular formula is C17H32N6O3. The molecule has 0 saturated heterocycles. The molecule has 4 N–H and O–H groups in total. The predicted octanol–water partition coefficient (Wildman–Crippen LogP) is 1.27. The molecule has 9 heteroatoms. The van der Waals surface area contributed by atoms with E-state index in [9.17, 15) is 0 Å². The Morgan fingerprint density at radius 1 is 0.962 bits per heavy atom. The molecule has 9 nitrogen and oxygen atoms in total. The lowest BCUT2D eigenvalue weighted by atomic mass is 9.87. The molecule has 0 atom stereocenters. The van der Waals surface area contributed by atoms with E-state index in [1.807, 2.05) is 0 Å². The van der Waals surface area contributed by atoms with Gasteiger partial charge in [-0.25, -0.2) is 0 Å². The number of hydrogen-bond acceptors (Lipinski definition) is 9. The Morgan fingerprint density at radius 2 is 1.65 bits per heavy atom. The van der Waals surface area contributed by atoms with Gasteiger partial charge >= 0.3 is 6.01 Å². The maximum Gasteiger partial charge on any atom is 0.322 e. The Kier molecular flexibility index (Phi) is 9.36. The second-order valence-electron chi connectivity index (χ2n) is 6.51. The molecular weight excluding hydrogens is 336 g/mol. The average molecular weight is 368 g/mol. The molecule has 0 radical (unpaired) electrons. The molecule has 1 aromatic rings. The van der Waals surface area contributed by atoms with E-state index < -0.39 is 0 Å². The number of nitrogens with zero attached hydrogens (tertiary/aromatic N) is 3. The van der Waals surface area contributed by atoms with Gasteiger partial charge in [0.2, 0.25) is 11.9 Å². The third-order valence-electron chi connectivity index (χ3n) is 4.31. The van der Waals surface area contributed by atoms with Gasteiger partial charge in [-0.05, 0) is 31.6 Å². The molecule has 0 spiro atoms. The summed E-state index contributed by atoms with van der Waals surface area (Å²) in [6, 6.07) is 0.702. The number of anilines is 2. The van der Waals surface area contributed by atoms with E-state index in [0.717, 1.165) is 18.8 Å². The lowest BCUT2D eigenvalue weighted by molar-refractivity contribution is 0.0547. The summed E-state index contributed by atoms with van der Waals surface area (Å²) in [5.41, 5.74) is 5.35. The van der Waals surface area contributed by atoms with Crippen molar-refractivity contribution in [2.45, 2.75) is 38.6 Å². The average Bonchev–Trinajstić information content (AvgIpc) is 2.65. The van der Waals surface area contributed by atoms with Crippen LogP contribution in [0.1, 0.15) is 32.6 Å². The van der Waals surface area contributed by atoms with Crippen LogP contribution in [0.4, 0.5) is 11.9 Å². The van der Waals surface area contributed by atoms with Crippen LogP contribution in [-0.2, 0) is 9.47 Å². The molecule has 0 bridgehead atoms. The first kappa shape index (κ1) is 20.6. The quantitative estimate of drug-likeness (QED) is 0.469. The van der Waals surface area contributed by atoms with Crippen LogP contribution in [0.2, 0.25) is 0 Å². The standard InChI is InChI=1S/C17H32N6O3/c1-13-3-5-14(6-4-13)20-16-21-15(22-17(23-16)24-2)19-8-10-26-12-11-25-9-7-18/h13-14H,3-12,18H2,1-2H3,(H2,19,20,21,22,23). The van der Waals surface area contributed by atoms with E-state index in [4.69, 9.17) is 19.9 Å². The van der Waals surface area contributed by atoms with Crippen LogP contribution in [0.5, 0.6) is 6.01 Å². The van der Waals surface area contributed by atoms with Gasteiger partial charge in [0.25, 0.3) is 0 Å². The number of hydrogen-bond donors (Lipinski definition) is 3. The summed E-state index contributed by atoms with van der Waals surface area (Å²) in [6.07, 6.45) is 4.74. The Labute approximate surface area is 155 Å². The number of ether oxygens (including phenoxy) is 3. The molecule has 2 rings (SSSR count). The fourth-order valence-electron chi connectivity index (χ4n) is 2.82. The maximum atomic E-state index is 5.47. The molecule has 148 valence electrons. The zero-order valence-electron chi connectivity index (χ0n) is 15.9. The summed E-state index contributed by atoms with van der Waals surface area (Å²) in [4.78, 5) is 13.0. The van der Waals surface area contributed by atoms with Crippen LogP contribution >= 0.6 is 0 Å². The minimum atomic E-state index is 0.297. The minimum absolute atomic E-state index is 0.297. The highest BCUT2D eigenvalue weighted by Crippen LogP contribution is 2.25. The molecule has 0 aliphatic heterocycles. The van der Waals surface area contributed by atoms with E-state index in [1.165, 1.54) is 12.8 Å². The van der Waals surface area contributed by atoms with Gasteiger partial charge in [0.05, 0.1) is 33.5 Å². The highest BCUT2D eigenvalue weighted by molar-refractivity contribution is 5.36. The SMILES string of the molecule is COc1nc(NCCOCCOCCN)nc(NC2CCC(C)CC2)n1. The molecule has 0 unspecified atom stereocenters. The molecule has 1 fully saturated rings. The predicted molar refractivity (Wildman–Crippen MR) is 101 cm³/mol. The van der Waals surface area contributed by atoms with Gasteiger partial charge in [-0.2, -0.15) is 15.0 Å². The number of nitrogens with two attached hydrogens (primary N) is 1. The highest BCUT2D eigenvalue weighted by Gasteiger charge is 2.19. The lowest BCUT2D eigenvalue weighted by Gasteiger charge is -2.26. The molecule has 0 amide bonds. The number of nitrogens with one attached hydrogen (secondary N) is 2. The van der Waals surface area contributed by atoms with Gasteiger partial charge < -0.3 is 30.6 Å². The van der Waals surface area contributed by atoms with Gasteiger partial charge in [-0.1, -0.05) is 6.92 Å². The van der Waals surface area contributed by atoms with Crippen LogP contribution in [0.15, 0.2) is 0 Å². The molecule has 26 heavy (non-hydrogen) atoms. The number of methoxy groups -OCH3 is 1. The first-order valence-electron chi connectivity index (χ1n) is 9.37. The summed E-state index contributed by atoms with van der Waals surface area (Å²) in [7, 11) is 1.55.